The molecule has 0 saturated carbocycles. The van der Waals surface area contributed by atoms with Crippen LogP contribution in [-0.2, 0) is 0 Å². The monoisotopic (exact) mass is 352 g/mol. The molecule has 6 heteroatoms. The largest absolute Gasteiger partial charge is 0.339 e. The molecule has 0 aliphatic heterocycles. The van der Waals surface area contributed by atoms with Crippen LogP contribution in [-0.4, -0.2) is 15.9 Å². The van der Waals surface area contributed by atoms with Gasteiger partial charge in [0.25, 0.3) is 5.91 Å². The number of hydrogen-bond acceptors (Lipinski definition) is 4. The first-order valence-corrected chi connectivity index (χ1v) is 8.13. The molecule has 3 rings (SSSR count). The Morgan fingerprint density at radius 2 is 1.72 bits per heavy atom. The van der Waals surface area contributed by atoms with Crippen LogP contribution < -0.4 is 10.6 Å². The Morgan fingerprint density at radius 1 is 0.960 bits per heavy atom. The van der Waals surface area contributed by atoms with Crippen LogP contribution >= 0.6 is 11.6 Å². The number of amides is 1. The average molecular weight is 353 g/mol. The zero-order chi connectivity index (χ0) is 17.8. The van der Waals surface area contributed by atoms with Crippen molar-refractivity contribution in [1.82, 2.24) is 9.97 Å². The lowest BCUT2D eigenvalue weighted by Gasteiger charge is -2.11. The summed E-state index contributed by atoms with van der Waals surface area (Å²) in [5.74, 6) is 0.210. The van der Waals surface area contributed by atoms with Crippen molar-refractivity contribution in [2.75, 3.05) is 10.6 Å². The van der Waals surface area contributed by atoms with Crippen molar-refractivity contribution >= 4 is 34.7 Å². The van der Waals surface area contributed by atoms with E-state index in [0.29, 0.717) is 16.5 Å². The first-order chi connectivity index (χ1) is 12.0. The van der Waals surface area contributed by atoms with Crippen molar-refractivity contribution in [3.63, 3.8) is 0 Å². The second kappa shape index (κ2) is 7.32. The number of aromatic nitrogens is 2. The molecule has 0 bridgehead atoms. The van der Waals surface area contributed by atoms with E-state index in [2.05, 4.69) is 20.6 Å². The number of aryl methyl sites for hydroxylation is 1. The summed E-state index contributed by atoms with van der Waals surface area (Å²) >= 11 is 6.04. The number of para-hydroxylation sites is 1. The molecule has 2 N–H and O–H groups in total. The van der Waals surface area contributed by atoms with E-state index in [-0.39, 0.29) is 11.6 Å². The predicted octanol–water partition coefficient (Wildman–Crippen LogP) is 4.74. The molecule has 0 saturated heterocycles. The molecule has 0 atom stereocenters. The van der Waals surface area contributed by atoms with Gasteiger partial charge in [-0.2, -0.15) is 0 Å². The third kappa shape index (κ3) is 3.95. The molecular weight excluding hydrogens is 336 g/mol. The molecule has 1 aromatic heterocycles. The van der Waals surface area contributed by atoms with Crippen LogP contribution in [0.15, 0.2) is 54.9 Å². The molecule has 0 radical (unpaired) electrons. The van der Waals surface area contributed by atoms with Gasteiger partial charge in [-0.25, -0.2) is 9.97 Å². The van der Waals surface area contributed by atoms with E-state index in [1.165, 1.54) is 18.0 Å². The van der Waals surface area contributed by atoms with Crippen molar-refractivity contribution in [2.45, 2.75) is 13.8 Å². The van der Waals surface area contributed by atoms with Gasteiger partial charge in [0, 0.05) is 5.69 Å². The van der Waals surface area contributed by atoms with Gasteiger partial charge < -0.3 is 10.6 Å². The van der Waals surface area contributed by atoms with Crippen molar-refractivity contribution in [3.05, 3.63) is 76.7 Å². The fourth-order valence-electron chi connectivity index (χ4n) is 2.28. The first-order valence-electron chi connectivity index (χ1n) is 7.76. The lowest BCUT2D eigenvalue weighted by atomic mass is 10.1. The van der Waals surface area contributed by atoms with Gasteiger partial charge >= 0.3 is 0 Å². The molecule has 0 fully saturated rings. The normalized spacial score (nSPS) is 10.4. The van der Waals surface area contributed by atoms with Crippen LogP contribution in [0, 0.1) is 13.8 Å². The number of benzene rings is 2. The third-order valence-electron chi connectivity index (χ3n) is 3.87. The van der Waals surface area contributed by atoms with Crippen molar-refractivity contribution in [2.24, 2.45) is 0 Å². The highest BCUT2D eigenvalue weighted by atomic mass is 35.5. The van der Waals surface area contributed by atoms with Crippen LogP contribution in [0.4, 0.5) is 17.2 Å². The highest BCUT2D eigenvalue weighted by Crippen LogP contribution is 2.22. The van der Waals surface area contributed by atoms with Crippen molar-refractivity contribution < 1.29 is 4.79 Å². The average Bonchev–Trinajstić information content (AvgIpc) is 2.61. The summed E-state index contributed by atoms with van der Waals surface area (Å²) in [6.45, 7) is 4.09. The molecule has 2 aromatic carbocycles. The maximum absolute atomic E-state index is 12.2. The Morgan fingerprint density at radius 3 is 2.44 bits per heavy atom. The zero-order valence-electron chi connectivity index (χ0n) is 13.9. The molecule has 0 aliphatic carbocycles. The number of nitrogens with zero attached hydrogens (tertiary/aromatic N) is 2. The van der Waals surface area contributed by atoms with Crippen LogP contribution in [0.5, 0.6) is 0 Å². The van der Waals surface area contributed by atoms with E-state index in [4.69, 9.17) is 11.6 Å². The van der Waals surface area contributed by atoms with E-state index in [9.17, 15) is 4.79 Å². The SMILES string of the molecule is Cc1cccc(Nc2cnc(C(=O)Nc3ccccc3Cl)cn2)c1C. The number of anilines is 3. The number of nitrogens with one attached hydrogen (secondary N) is 2. The summed E-state index contributed by atoms with van der Waals surface area (Å²) in [5, 5.41) is 6.40. The number of carbonyl (C=O) groups excluding carboxylic acids is 1. The quantitative estimate of drug-likeness (QED) is 0.711. The van der Waals surface area contributed by atoms with Crippen molar-refractivity contribution in [3.8, 4) is 0 Å². The Bertz CT molecular complexity index is 910. The Kier molecular flexibility index (Phi) is 4.95. The van der Waals surface area contributed by atoms with Crippen LogP contribution in [0.2, 0.25) is 5.02 Å². The van der Waals surface area contributed by atoms with Gasteiger partial charge in [0.15, 0.2) is 0 Å². The van der Waals surface area contributed by atoms with Gasteiger partial charge in [-0.15, -0.1) is 0 Å². The summed E-state index contributed by atoms with van der Waals surface area (Å²) in [5.41, 5.74) is 4.04. The molecular formula is C19H17ClN4O. The summed E-state index contributed by atoms with van der Waals surface area (Å²) < 4.78 is 0. The maximum Gasteiger partial charge on any atom is 0.275 e. The smallest absolute Gasteiger partial charge is 0.275 e. The molecule has 126 valence electrons. The second-order valence-corrected chi connectivity index (χ2v) is 6.00. The molecule has 0 unspecified atom stereocenters. The number of halogens is 1. The highest BCUT2D eigenvalue weighted by Gasteiger charge is 2.10. The Balaban J connectivity index is 1.73. The van der Waals surface area contributed by atoms with Gasteiger partial charge in [-0.1, -0.05) is 35.9 Å². The van der Waals surface area contributed by atoms with E-state index in [1.807, 2.05) is 32.0 Å². The lowest BCUT2D eigenvalue weighted by molar-refractivity contribution is 0.102. The maximum atomic E-state index is 12.2. The fourth-order valence-corrected chi connectivity index (χ4v) is 2.47. The Labute approximate surface area is 151 Å². The van der Waals surface area contributed by atoms with Gasteiger partial charge in [-0.3, -0.25) is 4.79 Å². The van der Waals surface area contributed by atoms with Gasteiger partial charge in [0.05, 0.1) is 23.1 Å². The molecule has 0 spiro atoms. The standard InChI is InChI=1S/C19H17ClN4O/c1-12-6-5-9-15(13(12)2)23-18-11-21-17(10-22-18)19(25)24-16-8-4-3-7-14(16)20/h3-11H,1-2H3,(H,22,23)(H,24,25). The molecule has 1 heterocycles. The Hall–Kier alpha value is -2.92. The molecule has 5 nitrogen and oxygen atoms in total. The first kappa shape index (κ1) is 16.9. The number of carbonyl (C=O) groups is 1. The summed E-state index contributed by atoms with van der Waals surface area (Å²) in [6.07, 6.45) is 2.96. The van der Waals surface area contributed by atoms with Crippen LogP contribution in [0.1, 0.15) is 21.6 Å². The lowest BCUT2D eigenvalue weighted by Crippen LogP contribution is -2.14. The summed E-state index contributed by atoms with van der Waals surface area (Å²) in [4.78, 5) is 20.7. The highest BCUT2D eigenvalue weighted by molar-refractivity contribution is 6.33. The van der Waals surface area contributed by atoms with E-state index < -0.39 is 0 Å². The topological polar surface area (TPSA) is 66.9 Å². The third-order valence-corrected chi connectivity index (χ3v) is 4.20. The van der Waals surface area contributed by atoms with Gasteiger partial charge in [-0.05, 0) is 43.2 Å². The van der Waals surface area contributed by atoms with E-state index >= 15 is 0 Å². The molecule has 0 aliphatic rings. The van der Waals surface area contributed by atoms with Gasteiger partial charge in [0.1, 0.15) is 11.5 Å². The molecule has 25 heavy (non-hydrogen) atoms. The minimum absolute atomic E-state index is 0.214. The van der Waals surface area contributed by atoms with Crippen molar-refractivity contribution in [1.29, 1.82) is 0 Å². The minimum atomic E-state index is -0.362. The van der Waals surface area contributed by atoms with E-state index in [1.54, 1.807) is 24.3 Å². The molecule has 1 amide bonds. The number of hydrogen-bond donors (Lipinski definition) is 2. The molecule has 3 aromatic rings. The second-order valence-electron chi connectivity index (χ2n) is 5.59. The fraction of sp³-hybridized carbons (Fsp3) is 0.105. The zero-order valence-corrected chi connectivity index (χ0v) is 14.6. The predicted molar refractivity (Wildman–Crippen MR) is 101 cm³/mol. The summed E-state index contributed by atoms with van der Waals surface area (Å²) in [7, 11) is 0. The van der Waals surface area contributed by atoms with Crippen LogP contribution in [0.3, 0.4) is 0 Å². The van der Waals surface area contributed by atoms with E-state index in [0.717, 1.165) is 11.3 Å². The van der Waals surface area contributed by atoms with Crippen LogP contribution in [0.25, 0.3) is 0 Å². The van der Waals surface area contributed by atoms with Gasteiger partial charge in [0.2, 0.25) is 0 Å². The number of rotatable bonds is 4. The minimum Gasteiger partial charge on any atom is -0.339 e. The summed E-state index contributed by atoms with van der Waals surface area (Å²) in [6, 6.07) is 13.0.